The van der Waals surface area contributed by atoms with Crippen molar-refractivity contribution in [1.29, 1.82) is 0 Å². The summed E-state index contributed by atoms with van der Waals surface area (Å²) in [6, 6.07) is 5.21. The Morgan fingerprint density at radius 2 is 1.82 bits per heavy atom. The number of carbonyl (C=O) groups is 2. The van der Waals surface area contributed by atoms with Gasteiger partial charge in [-0.1, -0.05) is 13.8 Å². The first-order valence-electron chi connectivity index (χ1n) is 12.8. The van der Waals surface area contributed by atoms with Crippen LogP contribution in [0.2, 0.25) is 0 Å². The maximum atomic E-state index is 13.6. The van der Waals surface area contributed by atoms with Crippen LogP contribution in [0, 0.1) is 5.92 Å². The van der Waals surface area contributed by atoms with Gasteiger partial charge in [0.05, 0.1) is 16.8 Å². The molecular weight excluding hydrogens is 504 g/mol. The first-order valence-corrected chi connectivity index (χ1v) is 13.7. The number of H-pyrrole nitrogens is 1. The molecule has 0 aromatic carbocycles. The average molecular weight is 539 g/mol. The molecule has 1 atom stereocenters. The molecule has 0 amide bonds. The molecule has 1 aliphatic heterocycles. The first-order chi connectivity index (χ1) is 18.0. The van der Waals surface area contributed by atoms with Crippen molar-refractivity contribution >= 4 is 23.3 Å². The van der Waals surface area contributed by atoms with Gasteiger partial charge >= 0.3 is 11.9 Å². The van der Waals surface area contributed by atoms with Crippen molar-refractivity contribution in [2.45, 2.75) is 65.1 Å². The number of hydrogen-bond acceptors (Lipinski definition) is 9. The molecule has 1 fully saturated rings. The predicted octanol–water partition coefficient (Wildman–Crippen LogP) is 4.55. The van der Waals surface area contributed by atoms with Crippen LogP contribution in [-0.4, -0.2) is 51.7 Å². The molecule has 2 N–H and O–H groups in total. The topological polar surface area (TPSA) is 123 Å². The maximum Gasteiger partial charge on any atom is 0.348 e. The van der Waals surface area contributed by atoms with Crippen LogP contribution in [0.3, 0.4) is 0 Å². The van der Waals surface area contributed by atoms with Gasteiger partial charge in [0.2, 0.25) is 6.10 Å². The van der Waals surface area contributed by atoms with E-state index in [1.165, 1.54) is 17.4 Å². The summed E-state index contributed by atoms with van der Waals surface area (Å²) in [5.41, 5.74) is 1.17. The lowest BCUT2D eigenvalue weighted by Crippen LogP contribution is -2.43. The number of thiazole rings is 1. The molecule has 1 saturated heterocycles. The molecule has 202 valence electrons. The highest BCUT2D eigenvalue weighted by atomic mass is 32.1. The number of aromatic amines is 1. The van der Waals surface area contributed by atoms with Crippen molar-refractivity contribution in [2.75, 3.05) is 13.1 Å². The third-order valence-electron chi connectivity index (χ3n) is 6.26. The van der Waals surface area contributed by atoms with E-state index in [4.69, 9.17) is 9.47 Å². The molecule has 10 heteroatoms. The molecule has 1 unspecified atom stereocenters. The monoisotopic (exact) mass is 538 g/mol. The molecule has 4 heterocycles. The van der Waals surface area contributed by atoms with Gasteiger partial charge in [-0.2, -0.15) is 0 Å². The van der Waals surface area contributed by atoms with Gasteiger partial charge in [-0.15, -0.1) is 11.3 Å². The van der Waals surface area contributed by atoms with Crippen molar-refractivity contribution in [2.24, 2.45) is 5.92 Å². The molecule has 0 radical (unpaired) electrons. The number of carbonyl (C=O) groups excluding carboxylic acids is 2. The number of ether oxygens (including phenoxy) is 2. The van der Waals surface area contributed by atoms with E-state index >= 15 is 0 Å². The van der Waals surface area contributed by atoms with Gasteiger partial charge < -0.3 is 19.8 Å². The number of nitrogens with one attached hydrogen (secondary N) is 2. The summed E-state index contributed by atoms with van der Waals surface area (Å²) in [4.78, 5) is 51.3. The van der Waals surface area contributed by atoms with E-state index in [0.717, 1.165) is 23.7 Å². The SMILES string of the molecule is CC(C)c1[nH]c(=O)c(-c2csc(-c3ccncc3)n2)cc1C(=O)OC(C(=O)OC(C)(C)C)C1CCNCC1. The van der Waals surface area contributed by atoms with Crippen LogP contribution in [-0.2, 0) is 14.3 Å². The molecule has 1 aliphatic rings. The summed E-state index contributed by atoms with van der Waals surface area (Å²) < 4.78 is 11.5. The van der Waals surface area contributed by atoms with Gasteiger partial charge in [-0.25, -0.2) is 14.6 Å². The van der Waals surface area contributed by atoms with Gasteiger partial charge in [0.15, 0.2) is 0 Å². The number of rotatable bonds is 7. The van der Waals surface area contributed by atoms with Crippen molar-refractivity contribution in [3.05, 3.63) is 57.6 Å². The number of esters is 2. The summed E-state index contributed by atoms with van der Waals surface area (Å²) in [5, 5.41) is 5.78. The fourth-order valence-electron chi connectivity index (χ4n) is 4.41. The minimum absolute atomic E-state index is 0.166. The summed E-state index contributed by atoms with van der Waals surface area (Å²) in [5.74, 6) is -1.57. The number of nitrogens with zero attached hydrogens (tertiary/aromatic N) is 2. The van der Waals surface area contributed by atoms with Gasteiger partial charge in [-0.3, -0.25) is 9.78 Å². The second-order valence-electron chi connectivity index (χ2n) is 10.7. The van der Waals surface area contributed by atoms with E-state index in [1.807, 2.05) is 26.0 Å². The standard InChI is InChI=1S/C28H34N4O5S/c1-16(2)22-20(26(34)36-23(17-6-10-29-11-7-17)27(35)37-28(3,4)5)14-19(24(33)32-22)21-15-38-25(31-21)18-8-12-30-13-9-18/h8-9,12-17,23,29H,6-7,10-11H2,1-5H3,(H,32,33). The minimum atomic E-state index is -1.04. The molecule has 9 nitrogen and oxygen atoms in total. The minimum Gasteiger partial charge on any atom is -0.457 e. The zero-order valence-electron chi connectivity index (χ0n) is 22.4. The molecule has 0 saturated carbocycles. The van der Waals surface area contributed by atoms with Gasteiger partial charge in [0, 0.05) is 34.9 Å². The fraction of sp³-hybridized carbons (Fsp3) is 0.464. The first kappa shape index (κ1) is 27.7. The Hall–Kier alpha value is -3.37. The molecule has 3 aromatic rings. The Labute approximate surface area is 226 Å². The van der Waals surface area contributed by atoms with Gasteiger partial charge in [-0.05, 0) is 70.8 Å². The second kappa shape index (κ2) is 11.6. The summed E-state index contributed by atoms with van der Waals surface area (Å²) >= 11 is 1.39. The number of aromatic nitrogens is 3. The van der Waals surface area contributed by atoms with E-state index < -0.39 is 23.6 Å². The maximum absolute atomic E-state index is 13.6. The molecule has 38 heavy (non-hydrogen) atoms. The lowest BCUT2D eigenvalue weighted by Gasteiger charge is -2.31. The number of pyridine rings is 2. The lowest BCUT2D eigenvalue weighted by atomic mass is 9.91. The van der Waals surface area contributed by atoms with Crippen LogP contribution in [0.5, 0.6) is 0 Å². The smallest absolute Gasteiger partial charge is 0.348 e. The van der Waals surface area contributed by atoms with Crippen LogP contribution in [0.15, 0.2) is 40.8 Å². The third kappa shape index (κ3) is 6.54. The van der Waals surface area contributed by atoms with Crippen LogP contribution >= 0.6 is 11.3 Å². The van der Waals surface area contributed by atoms with Crippen molar-refractivity contribution in [3.63, 3.8) is 0 Å². The molecule has 0 spiro atoms. The Morgan fingerprint density at radius 1 is 1.13 bits per heavy atom. The second-order valence-corrected chi connectivity index (χ2v) is 11.6. The number of hydrogen-bond donors (Lipinski definition) is 2. The summed E-state index contributed by atoms with van der Waals surface area (Å²) in [6.45, 7) is 10.6. The zero-order valence-corrected chi connectivity index (χ0v) is 23.2. The van der Waals surface area contributed by atoms with Crippen LogP contribution in [0.4, 0.5) is 0 Å². The Morgan fingerprint density at radius 3 is 2.45 bits per heavy atom. The summed E-state index contributed by atoms with van der Waals surface area (Å²) in [6.07, 6.45) is 3.68. The van der Waals surface area contributed by atoms with E-state index in [9.17, 15) is 14.4 Å². The predicted molar refractivity (Wildman–Crippen MR) is 146 cm³/mol. The molecule has 4 rings (SSSR count). The number of piperidine rings is 1. The highest BCUT2D eigenvalue weighted by molar-refractivity contribution is 7.13. The largest absolute Gasteiger partial charge is 0.457 e. The van der Waals surface area contributed by atoms with E-state index in [1.54, 1.807) is 38.5 Å². The van der Waals surface area contributed by atoms with E-state index in [0.29, 0.717) is 24.2 Å². The van der Waals surface area contributed by atoms with Crippen LogP contribution in [0.25, 0.3) is 21.8 Å². The Balaban J connectivity index is 1.69. The Bertz CT molecular complexity index is 1340. The van der Waals surface area contributed by atoms with Crippen LogP contribution < -0.4 is 10.9 Å². The lowest BCUT2D eigenvalue weighted by molar-refractivity contribution is -0.169. The average Bonchev–Trinajstić information content (AvgIpc) is 3.37. The van der Waals surface area contributed by atoms with E-state index in [2.05, 4.69) is 20.3 Å². The van der Waals surface area contributed by atoms with Gasteiger partial charge in [0.25, 0.3) is 5.56 Å². The molecule has 3 aromatic heterocycles. The van der Waals surface area contributed by atoms with E-state index in [-0.39, 0.29) is 28.5 Å². The van der Waals surface area contributed by atoms with Crippen molar-refractivity contribution in [3.8, 4) is 21.8 Å². The fourth-order valence-corrected chi connectivity index (χ4v) is 5.23. The zero-order chi connectivity index (χ0) is 27.4. The highest BCUT2D eigenvalue weighted by Gasteiger charge is 2.37. The van der Waals surface area contributed by atoms with Gasteiger partial charge in [0.1, 0.15) is 10.6 Å². The van der Waals surface area contributed by atoms with Crippen molar-refractivity contribution in [1.82, 2.24) is 20.3 Å². The molecular formula is C28H34N4O5S. The van der Waals surface area contributed by atoms with Crippen LogP contribution in [0.1, 0.15) is 69.4 Å². The summed E-state index contributed by atoms with van der Waals surface area (Å²) in [7, 11) is 0. The molecule has 0 aliphatic carbocycles. The Kier molecular flexibility index (Phi) is 8.42. The normalized spacial score (nSPS) is 15.3. The quantitative estimate of drug-likeness (QED) is 0.420. The molecule has 0 bridgehead atoms. The third-order valence-corrected chi connectivity index (χ3v) is 7.15. The highest BCUT2D eigenvalue weighted by Crippen LogP contribution is 2.30. The van der Waals surface area contributed by atoms with Crippen molar-refractivity contribution < 1.29 is 19.1 Å².